The molecule has 2 heterocycles. The number of nitrogens with one attached hydrogen (secondary N) is 1. The Labute approximate surface area is 221 Å². The summed E-state index contributed by atoms with van der Waals surface area (Å²) < 4.78 is 0. The summed E-state index contributed by atoms with van der Waals surface area (Å²) in [5, 5.41) is 15.9. The average Bonchev–Trinajstić information content (AvgIpc) is 3.60. The number of hydrogen-bond acceptors (Lipinski definition) is 6. The number of anilines is 1. The maximum atomic E-state index is 14.0. The van der Waals surface area contributed by atoms with Gasteiger partial charge in [0.25, 0.3) is 5.91 Å². The van der Waals surface area contributed by atoms with Crippen molar-refractivity contribution in [1.82, 2.24) is 30.5 Å². The van der Waals surface area contributed by atoms with E-state index in [9.17, 15) is 9.59 Å². The molecule has 0 radical (unpaired) electrons. The summed E-state index contributed by atoms with van der Waals surface area (Å²) in [7, 11) is 0. The number of amides is 2. The zero-order chi connectivity index (χ0) is 26.5. The minimum atomic E-state index is -0.881. The van der Waals surface area contributed by atoms with Crippen LogP contribution in [0, 0.1) is 13.8 Å². The van der Waals surface area contributed by atoms with Crippen molar-refractivity contribution in [2.75, 3.05) is 4.90 Å². The second kappa shape index (κ2) is 11.3. The van der Waals surface area contributed by atoms with Crippen LogP contribution in [0.25, 0.3) is 11.4 Å². The third-order valence-corrected chi connectivity index (χ3v) is 6.82. The molecule has 1 saturated carbocycles. The van der Waals surface area contributed by atoms with Crippen molar-refractivity contribution >= 4 is 17.5 Å². The van der Waals surface area contributed by atoms with Crippen LogP contribution in [0.4, 0.5) is 5.69 Å². The predicted molar refractivity (Wildman–Crippen MR) is 144 cm³/mol. The van der Waals surface area contributed by atoms with Crippen LogP contribution in [0.3, 0.4) is 0 Å². The van der Waals surface area contributed by atoms with Crippen molar-refractivity contribution < 1.29 is 9.59 Å². The van der Waals surface area contributed by atoms with Crippen LogP contribution in [0.15, 0.2) is 73.1 Å². The Hall–Kier alpha value is -4.40. The van der Waals surface area contributed by atoms with Gasteiger partial charge in [0.15, 0.2) is 0 Å². The predicted octanol–water partition coefficient (Wildman–Crippen LogP) is 4.19. The van der Waals surface area contributed by atoms with Crippen LogP contribution in [0.2, 0.25) is 0 Å². The molecule has 1 N–H and O–H groups in total. The Morgan fingerprint density at radius 3 is 2.45 bits per heavy atom. The van der Waals surface area contributed by atoms with E-state index in [2.05, 4.69) is 25.7 Å². The van der Waals surface area contributed by atoms with Gasteiger partial charge < -0.3 is 5.32 Å². The molecule has 0 saturated heterocycles. The van der Waals surface area contributed by atoms with Crippen molar-refractivity contribution in [3.05, 3.63) is 89.7 Å². The molecule has 0 spiro atoms. The average molecular weight is 510 g/mol. The highest BCUT2D eigenvalue weighted by Gasteiger charge is 2.34. The van der Waals surface area contributed by atoms with Gasteiger partial charge in [-0.05, 0) is 67.3 Å². The number of aromatic nitrogens is 5. The van der Waals surface area contributed by atoms with E-state index in [0.717, 1.165) is 42.4 Å². The minimum Gasteiger partial charge on any atom is -0.351 e. The number of benzene rings is 2. The summed E-state index contributed by atoms with van der Waals surface area (Å²) >= 11 is 0. The fourth-order valence-corrected chi connectivity index (χ4v) is 4.85. The van der Waals surface area contributed by atoms with Crippen LogP contribution in [-0.4, -0.2) is 43.0 Å². The Morgan fingerprint density at radius 2 is 1.74 bits per heavy atom. The lowest BCUT2D eigenvalue weighted by Gasteiger charge is -2.32. The van der Waals surface area contributed by atoms with Gasteiger partial charge in [-0.25, -0.2) is 0 Å². The summed E-state index contributed by atoms with van der Waals surface area (Å²) in [6.45, 7) is 3.79. The molecule has 0 unspecified atom stereocenters. The van der Waals surface area contributed by atoms with Crippen molar-refractivity contribution in [3.8, 4) is 11.4 Å². The van der Waals surface area contributed by atoms with E-state index < -0.39 is 6.04 Å². The molecular weight excluding hydrogens is 478 g/mol. The zero-order valence-electron chi connectivity index (χ0n) is 21.6. The molecule has 1 aliphatic carbocycles. The third kappa shape index (κ3) is 5.77. The van der Waals surface area contributed by atoms with Gasteiger partial charge in [-0.3, -0.25) is 19.5 Å². The number of pyridine rings is 1. The lowest BCUT2D eigenvalue weighted by atomic mass is 10.0. The van der Waals surface area contributed by atoms with E-state index in [1.807, 2.05) is 62.4 Å². The third-order valence-electron chi connectivity index (χ3n) is 6.82. The Bertz CT molecular complexity index is 1400. The molecule has 38 heavy (non-hydrogen) atoms. The summed E-state index contributed by atoms with van der Waals surface area (Å²) in [6, 6.07) is 18.2. The lowest BCUT2D eigenvalue weighted by Crippen LogP contribution is -2.47. The molecule has 194 valence electrons. The molecule has 9 heteroatoms. The van der Waals surface area contributed by atoms with E-state index in [1.54, 1.807) is 29.4 Å². The van der Waals surface area contributed by atoms with Gasteiger partial charge in [0, 0.05) is 29.7 Å². The van der Waals surface area contributed by atoms with E-state index in [4.69, 9.17) is 0 Å². The smallest absolute Gasteiger partial charge is 0.251 e. The van der Waals surface area contributed by atoms with Crippen molar-refractivity contribution in [2.45, 2.75) is 58.2 Å². The van der Waals surface area contributed by atoms with Gasteiger partial charge in [0.1, 0.15) is 12.6 Å². The largest absolute Gasteiger partial charge is 0.351 e. The van der Waals surface area contributed by atoms with Gasteiger partial charge >= 0.3 is 0 Å². The number of hydrogen-bond donors (Lipinski definition) is 1. The molecule has 5 rings (SSSR count). The SMILES string of the molecule is Cc1ccc(-c2nnn(CC(=O)N(c3cccc(C)c3)[C@@H](C(=O)NC3CCCC3)c3ccncc3)n2)cc1. The van der Waals surface area contributed by atoms with Gasteiger partial charge in [0.05, 0.1) is 0 Å². The number of aryl methyl sites for hydroxylation is 2. The highest BCUT2D eigenvalue weighted by Crippen LogP contribution is 2.30. The van der Waals surface area contributed by atoms with Crippen molar-refractivity contribution in [3.63, 3.8) is 0 Å². The van der Waals surface area contributed by atoms with Crippen molar-refractivity contribution in [2.24, 2.45) is 0 Å². The van der Waals surface area contributed by atoms with E-state index in [-0.39, 0.29) is 24.4 Å². The molecule has 9 nitrogen and oxygen atoms in total. The zero-order valence-corrected chi connectivity index (χ0v) is 21.6. The van der Waals surface area contributed by atoms with Gasteiger partial charge in [-0.1, -0.05) is 54.8 Å². The second-order valence-electron chi connectivity index (χ2n) is 9.79. The van der Waals surface area contributed by atoms with E-state index in [0.29, 0.717) is 17.1 Å². The van der Waals surface area contributed by atoms with Gasteiger partial charge in [-0.2, -0.15) is 4.80 Å². The van der Waals surface area contributed by atoms with Crippen LogP contribution >= 0.6 is 0 Å². The maximum Gasteiger partial charge on any atom is 0.251 e. The van der Waals surface area contributed by atoms with Crippen LogP contribution in [-0.2, 0) is 16.1 Å². The summed E-state index contributed by atoms with van der Waals surface area (Å²) in [4.78, 5) is 34.7. The molecule has 2 amide bonds. The first kappa shape index (κ1) is 25.3. The highest BCUT2D eigenvalue weighted by molar-refractivity contribution is 6.01. The quantitative estimate of drug-likeness (QED) is 0.382. The number of carbonyl (C=O) groups excluding carboxylic acids is 2. The van der Waals surface area contributed by atoms with Gasteiger partial charge in [0.2, 0.25) is 11.7 Å². The summed E-state index contributed by atoms with van der Waals surface area (Å²) in [5.41, 5.74) is 4.22. The standard InChI is InChI=1S/C29H31N7O2/c1-20-10-12-23(13-11-20)28-32-34-35(33-28)19-26(37)36(25-9-5-6-21(2)18-25)27(22-14-16-30-17-15-22)29(38)31-24-7-3-4-8-24/h5-6,9-18,24,27H,3-4,7-8,19H2,1-2H3,(H,31,38)/t27-/m1/s1. The topological polar surface area (TPSA) is 106 Å². The summed E-state index contributed by atoms with van der Waals surface area (Å²) in [6.07, 6.45) is 7.34. The first-order chi connectivity index (χ1) is 18.5. The second-order valence-corrected chi connectivity index (χ2v) is 9.79. The van der Waals surface area contributed by atoms with Crippen LogP contribution < -0.4 is 10.2 Å². The Morgan fingerprint density at radius 1 is 1.00 bits per heavy atom. The first-order valence-corrected chi connectivity index (χ1v) is 12.9. The minimum absolute atomic E-state index is 0.107. The first-order valence-electron chi connectivity index (χ1n) is 12.9. The van der Waals surface area contributed by atoms with E-state index >= 15 is 0 Å². The number of carbonyl (C=O) groups is 2. The van der Waals surface area contributed by atoms with Crippen LogP contribution in [0.1, 0.15) is 48.4 Å². The molecule has 2 aromatic carbocycles. The Kier molecular flexibility index (Phi) is 7.53. The number of nitrogens with zero attached hydrogens (tertiary/aromatic N) is 6. The molecule has 0 aliphatic heterocycles. The van der Waals surface area contributed by atoms with Crippen molar-refractivity contribution in [1.29, 1.82) is 0 Å². The fourth-order valence-electron chi connectivity index (χ4n) is 4.85. The Balaban J connectivity index is 1.49. The molecule has 0 bridgehead atoms. The molecule has 4 aromatic rings. The molecular formula is C29H31N7O2. The molecule has 1 aliphatic rings. The molecule has 2 aromatic heterocycles. The fraction of sp³-hybridized carbons (Fsp3) is 0.310. The molecule has 1 fully saturated rings. The monoisotopic (exact) mass is 509 g/mol. The normalized spacial score (nSPS) is 14.3. The maximum absolute atomic E-state index is 14.0. The van der Waals surface area contributed by atoms with Gasteiger partial charge in [-0.15, -0.1) is 10.2 Å². The molecule has 1 atom stereocenters. The summed E-state index contributed by atoms with van der Waals surface area (Å²) in [5.74, 6) is -0.110. The number of tetrazole rings is 1. The van der Waals surface area contributed by atoms with Crippen LogP contribution in [0.5, 0.6) is 0 Å². The number of rotatable bonds is 8. The highest BCUT2D eigenvalue weighted by atomic mass is 16.2. The van der Waals surface area contributed by atoms with E-state index in [1.165, 1.54) is 4.80 Å². The lowest BCUT2D eigenvalue weighted by molar-refractivity contribution is -0.127.